The van der Waals surface area contributed by atoms with Crippen molar-refractivity contribution >= 4 is 41.8 Å². The first-order chi connectivity index (χ1) is 37.8. The Morgan fingerprint density at radius 1 is 0.215 bits per heavy atom. The molecule has 0 aliphatic rings. The molecular formula is C64H128O15. The summed E-state index contributed by atoms with van der Waals surface area (Å²) in [6.07, 6.45) is 50.9. The van der Waals surface area contributed by atoms with E-state index in [1.165, 1.54) is 193 Å². The molecule has 79 heavy (non-hydrogen) atoms. The maximum atomic E-state index is 10.1. The first-order valence-corrected chi connectivity index (χ1v) is 32.0. The molecule has 0 amide bonds. The van der Waals surface area contributed by atoms with Gasteiger partial charge >= 0.3 is 41.8 Å². The van der Waals surface area contributed by atoms with Gasteiger partial charge in [-0.1, -0.05) is 280 Å². The third-order valence-corrected chi connectivity index (χ3v) is 12.6. The first kappa shape index (κ1) is 89.1. The van der Waals surface area contributed by atoms with Gasteiger partial charge in [0.2, 0.25) is 0 Å². The maximum absolute atomic E-state index is 10.1. The molecule has 0 fully saturated rings. The molecule has 474 valence electrons. The Hall–Kier alpha value is -3.75. The average Bonchev–Trinajstić information content (AvgIpc) is 3.39. The number of hydrogen-bond acceptors (Lipinski definition) is 8. The average molecular weight is 1140 g/mol. The Bertz CT molecular complexity index is 1040. The van der Waals surface area contributed by atoms with Crippen molar-refractivity contribution in [1.29, 1.82) is 0 Å². The van der Waals surface area contributed by atoms with Crippen LogP contribution in [0.25, 0.3) is 0 Å². The molecule has 15 heteroatoms. The van der Waals surface area contributed by atoms with Gasteiger partial charge in [-0.25, -0.2) is 4.79 Å². The number of rotatable bonds is 50. The molecule has 0 saturated heterocycles. The van der Waals surface area contributed by atoms with Crippen LogP contribution >= 0.6 is 0 Å². The summed E-state index contributed by atoms with van der Waals surface area (Å²) in [5.74, 6) is -5.13. The number of carboxylic acids is 7. The standard InChI is InChI=1S/6C10H20O2.C4H8O3/c6*1-2-3-4-5-6-7-8-9-10(11)12;1-2-3(5)4(6)7/h6*2-9H2,1H3,(H,11,12);3,5H,2H2,1H3,(H,6,7). The van der Waals surface area contributed by atoms with Gasteiger partial charge in [-0.3, -0.25) is 28.8 Å². The Morgan fingerprint density at radius 3 is 0.405 bits per heavy atom. The third kappa shape index (κ3) is 122. The zero-order valence-corrected chi connectivity index (χ0v) is 52.2. The van der Waals surface area contributed by atoms with Gasteiger partial charge < -0.3 is 40.9 Å². The van der Waals surface area contributed by atoms with E-state index < -0.39 is 47.9 Å². The number of aliphatic hydroxyl groups excluding tert-OH is 1. The minimum Gasteiger partial charge on any atom is -0.481 e. The summed E-state index contributed by atoms with van der Waals surface area (Å²) in [6.45, 7) is 14.8. The van der Waals surface area contributed by atoms with Crippen molar-refractivity contribution in [3.63, 3.8) is 0 Å². The summed E-state index contributed by atoms with van der Waals surface area (Å²) in [4.78, 5) is 70.5. The summed E-state index contributed by atoms with van der Waals surface area (Å²) >= 11 is 0. The molecule has 0 aromatic heterocycles. The second kappa shape index (κ2) is 83.1. The molecule has 0 rings (SSSR count). The summed E-state index contributed by atoms with van der Waals surface area (Å²) in [5, 5.41) is 66.4. The second-order valence-corrected chi connectivity index (χ2v) is 20.9. The lowest BCUT2D eigenvalue weighted by Crippen LogP contribution is -2.17. The largest absolute Gasteiger partial charge is 0.481 e. The molecule has 15 nitrogen and oxygen atoms in total. The van der Waals surface area contributed by atoms with E-state index in [1.54, 1.807) is 6.92 Å². The number of unbranched alkanes of at least 4 members (excludes halogenated alkanes) is 36. The van der Waals surface area contributed by atoms with Crippen LogP contribution in [-0.2, 0) is 33.6 Å². The van der Waals surface area contributed by atoms with Crippen LogP contribution in [0.15, 0.2) is 0 Å². The topological polar surface area (TPSA) is 281 Å². The zero-order chi connectivity index (χ0) is 61.3. The van der Waals surface area contributed by atoms with Crippen molar-refractivity contribution in [2.45, 2.75) is 369 Å². The SMILES string of the molecule is CCC(O)C(=O)O.CCCCCCCCCC(=O)O.CCCCCCCCCC(=O)O.CCCCCCCCCC(=O)O.CCCCCCCCCC(=O)O.CCCCCCCCCC(=O)O.CCCCCCCCCC(=O)O. The molecular weight excluding hydrogens is 1010 g/mol. The Kier molecular flexibility index (Phi) is 93.7. The molecule has 0 aliphatic heterocycles. The fourth-order valence-electron chi connectivity index (χ4n) is 7.57. The quantitative estimate of drug-likeness (QED) is 0.0263. The maximum Gasteiger partial charge on any atom is 0.332 e. The van der Waals surface area contributed by atoms with Crippen LogP contribution in [0.2, 0.25) is 0 Å². The lowest BCUT2D eigenvalue weighted by Gasteiger charge is -1.98. The highest BCUT2D eigenvalue weighted by Crippen LogP contribution is 2.12. The van der Waals surface area contributed by atoms with Gasteiger partial charge in [0.05, 0.1) is 0 Å². The van der Waals surface area contributed by atoms with E-state index in [-0.39, 0.29) is 6.42 Å². The third-order valence-electron chi connectivity index (χ3n) is 12.6. The number of carbonyl (C=O) groups is 7. The van der Waals surface area contributed by atoms with E-state index in [0.717, 1.165) is 77.0 Å². The summed E-state index contributed by atoms with van der Waals surface area (Å²) < 4.78 is 0. The highest BCUT2D eigenvalue weighted by Gasteiger charge is 2.07. The number of aliphatic carboxylic acids is 7. The van der Waals surface area contributed by atoms with E-state index in [2.05, 4.69) is 41.5 Å². The molecule has 0 saturated carbocycles. The van der Waals surface area contributed by atoms with Crippen molar-refractivity contribution in [1.82, 2.24) is 0 Å². The van der Waals surface area contributed by atoms with Gasteiger partial charge in [0.25, 0.3) is 0 Å². The van der Waals surface area contributed by atoms with Crippen LogP contribution in [-0.4, -0.2) is 88.7 Å². The fourth-order valence-corrected chi connectivity index (χ4v) is 7.57. The van der Waals surface area contributed by atoms with E-state index in [9.17, 15) is 33.6 Å². The summed E-state index contributed by atoms with van der Waals surface area (Å²) in [7, 11) is 0. The molecule has 0 radical (unpaired) electrons. The van der Waals surface area contributed by atoms with Crippen LogP contribution < -0.4 is 0 Å². The Balaban J connectivity index is -0.000000154. The van der Waals surface area contributed by atoms with E-state index in [0.29, 0.717) is 38.5 Å². The lowest BCUT2D eigenvalue weighted by molar-refractivity contribution is -0.147. The van der Waals surface area contributed by atoms with E-state index >= 15 is 0 Å². The van der Waals surface area contributed by atoms with Gasteiger partial charge in [0.15, 0.2) is 6.10 Å². The first-order valence-electron chi connectivity index (χ1n) is 32.0. The van der Waals surface area contributed by atoms with Gasteiger partial charge in [-0.15, -0.1) is 0 Å². The van der Waals surface area contributed by atoms with Crippen LogP contribution in [0.4, 0.5) is 0 Å². The monoisotopic (exact) mass is 1140 g/mol. The number of carboxylic acid groups (broad SMARTS) is 7. The number of hydrogen-bond donors (Lipinski definition) is 8. The van der Waals surface area contributed by atoms with Crippen LogP contribution in [0.1, 0.15) is 363 Å². The lowest BCUT2D eigenvalue weighted by atomic mass is 10.1. The smallest absolute Gasteiger partial charge is 0.332 e. The van der Waals surface area contributed by atoms with Gasteiger partial charge in [-0.2, -0.15) is 0 Å². The van der Waals surface area contributed by atoms with Gasteiger partial charge in [0.1, 0.15) is 0 Å². The van der Waals surface area contributed by atoms with Crippen LogP contribution in [0.5, 0.6) is 0 Å². The molecule has 0 spiro atoms. The number of aliphatic hydroxyl groups is 1. The highest BCUT2D eigenvalue weighted by molar-refractivity contribution is 5.71. The summed E-state index contributed by atoms with van der Waals surface area (Å²) in [5.41, 5.74) is 0. The van der Waals surface area contributed by atoms with E-state index in [4.69, 9.17) is 40.9 Å². The molecule has 0 aromatic rings. The highest BCUT2D eigenvalue weighted by atomic mass is 16.4. The van der Waals surface area contributed by atoms with Crippen molar-refractivity contribution < 1.29 is 74.4 Å². The summed E-state index contributed by atoms with van der Waals surface area (Å²) in [6, 6.07) is 0. The molecule has 0 aromatic carbocycles. The predicted molar refractivity (Wildman–Crippen MR) is 325 cm³/mol. The molecule has 0 aliphatic carbocycles. The van der Waals surface area contributed by atoms with Crippen LogP contribution in [0.3, 0.4) is 0 Å². The van der Waals surface area contributed by atoms with E-state index in [1.807, 2.05) is 0 Å². The molecule has 0 bridgehead atoms. The van der Waals surface area contributed by atoms with Crippen molar-refractivity contribution in [2.75, 3.05) is 0 Å². The minimum atomic E-state index is -1.18. The second-order valence-electron chi connectivity index (χ2n) is 20.9. The normalized spacial score (nSPS) is 10.4. The van der Waals surface area contributed by atoms with Crippen molar-refractivity contribution in [3.8, 4) is 0 Å². The minimum absolute atomic E-state index is 0.273. The molecule has 1 unspecified atom stereocenters. The van der Waals surface area contributed by atoms with Crippen molar-refractivity contribution in [3.05, 3.63) is 0 Å². The zero-order valence-electron chi connectivity index (χ0n) is 52.2. The molecule has 8 N–H and O–H groups in total. The van der Waals surface area contributed by atoms with Gasteiger partial charge in [0, 0.05) is 38.5 Å². The predicted octanol–water partition coefficient (Wildman–Crippen LogP) is 19.1. The Morgan fingerprint density at radius 2 is 0.329 bits per heavy atom. The van der Waals surface area contributed by atoms with Crippen molar-refractivity contribution in [2.24, 2.45) is 0 Å². The van der Waals surface area contributed by atoms with Gasteiger partial charge in [-0.05, 0) is 44.9 Å². The fraction of sp³-hybridized carbons (Fsp3) is 0.891. The molecule has 1 atom stereocenters. The van der Waals surface area contributed by atoms with Crippen LogP contribution in [0, 0.1) is 0 Å². The molecule has 0 heterocycles. The Labute approximate surface area is 483 Å².